The molecule has 188 valence electrons. The summed E-state index contributed by atoms with van der Waals surface area (Å²) in [5.74, 6) is 2.51. The largest absolute Gasteiger partial charge is 0.459 e. The van der Waals surface area contributed by atoms with Crippen molar-refractivity contribution in [2.75, 3.05) is 48.3 Å². The molecule has 8 nitrogen and oxygen atoms in total. The molecule has 1 spiro atoms. The highest BCUT2D eigenvalue weighted by Crippen LogP contribution is 2.43. The molecule has 0 unspecified atom stereocenters. The SMILES string of the molecule is Cc1nc(N2CCC3(CC2)CO[C@@H](C)C3)c(CO)nc1Sc1ccnc(N2CC(C[S+]=O)C2)c1Cl. The number of anilines is 2. The van der Waals surface area contributed by atoms with Crippen LogP contribution in [0, 0.1) is 18.3 Å². The predicted molar refractivity (Wildman–Crippen MR) is 139 cm³/mol. The number of pyridine rings is 1. The summed E-state index contributed by atoms with van der Waals surface area (Å²) in [6.45, 7) is 8.16. The molecule has 0 aromatic carbocycles. The topological polar surface area (TPSA) is 91.7 Å². The van der Waals surface area contributed by atoms with Gasteiger partial charge >= 0.3 is 11.7 Å². The van der Waals surface area contributed by atoms with E-state index < -0.39 is 0 Å². The first-order chi connectivity index (χ1) is 16.9. The maximum atomic E-state index is 10.8. The highest BCUT2D eigenvalue weighted by atomic mass is 35.5. The van der Waals surface area contributed by atoms with E-state index in [2.05, 4.69) is 21.7 Å². The zero-order chi connectivity index (χ0) is 24.6. The fourth-order valence-electron chi connectivity index (χ4n) is 5.33. The van der Waals surface area contributed by atoms with Gasteiger partial charge in [0, 0.05) is 41.5 Å². The van der Waals surface area contributed by atoms with E-state index in [1.165, 1.54) is 11.8 Å². The van der Waals surface area contributed by atoms with Crippen molar-refractivity contribution in [3.05, 3.63) is 28.7 Å². The quantitative estimate of drug-likeness (QED) is 0.531. The molecule has 0 amide bonds. The molecule has 2 aromatic rings. The van der Waals surface area contributed by atoms with Crippen LogP contribution in [0.15, 0.2) is 22.2 Å². The zero-order valence-electron chi connectivity index (χ0n) is 20.1. The minimum atomic E-state index is -0.166. The van der Waals surface area contributed by atoms with Crippen LogP contribution in [-0.2, 0) is 27.2 Å². The molecule has 0 saturated carbocycles. The Labute approximate surface area is 219 Å². The molecule has 11 heteroatoms. The average Bonchev–Trinajstić information content (AvgIpc) is 3.19. The van der Waals surface area contributed by atoms with Gasteiger partial charge in [-0.2, -0.15) is 0 Å². The normalized spacial score (nSPS) is 22.0. The number of aliphatic hydroxyl groups excluding tert-OH is 1. The Bertz CT molecular complexity index is 1090. The van der Waals surface area contributed by atoms with Crippen LogP contribution in [0.5, 0.6) is 0 Å². The van der Waals surface area contributed by atoms with Crippen LogP contribution in [-0.4, -0.2) is 64.7 Å². The number of piperidine rings is 1. The number of aryl methyl sites for hydroxylation is 1. The van der Waals surface area contributed by atoms with Gasteiger partial charge in [0.15, 0.2) is 5.82 Å². The third-order valence-corrected chi connectivity index (χ3v) is 9.58. The minimum Gasteiger partial charge on any atom is -0.390 e. The highest BCUT2D eigenvalue weighted by Gasteiger charge is 2.41. The van der Waals surface area contributed by atoms with Gasteiger partial charge in [0.25, 0.3) is 0 Å². The third-order valence-electron chi connectivity index (χ3n) is 7.35. The minimum absolute atomic E-state index is 0.166. The van der Waals surface area contributed by atoms with Crippen molar-refractivity contribution in [1.82, 2.24) is 15.0 Å². The summed E-state index contributed by atoms with van der Waals surface area (Å²) < 4.78 is 16.7. The summed E-state index contributed by atoms with van der Waals surface area (Å²) in [5.41, 5.74) is 1.69. The van der Waals surface area contributed by atoms with Gasteiger partial charge in [-0.15, -0.1) is 0 Å². The number of hydrogen-bond donors (Lipinski definition) is 1. The zero-order valence-corrected chi connectivity index (χ0v) is 22.5. The molecule has 5 rings (SSSR count). The lowest BCUT2D eigenvalue weighted by Crippen LogP contribution is -2.48. The Kier molecular flexibility index (Phi) is 7.46. The smallest absolute Gasteiger partial charge is 0.390 e. The van der Waals surface area contributed by atoms with Crippen molar-refractivity contribution in [1.29, 1.82) is 0 Å². The molecule has 1 atom stereocenters. The molecule has 5 heterocycles. The molecule has 35 heavy (non-hydrogen) atoms. The van der Waals surface area contributed by atoms with E-state index in [0.717, 1.165) is 79.3 Å². The van der Waals surface area contributed by atoms with Gasteiger partial charge in [0.05, 0.1) is 36.0 Å². The predicted octanol–water partition coefficient (Wildman–Crippen LogP) is 3.74. The van der Waals surface area contributed by atoms with Crippen LogP contribution in [0.4, 0.5) is 11.6 Å². The number of aliphatic hydroxyl groups is 1. The summed E-state index contributed by atoms with van der Waals surface area (Å²) in [7, 11) is 0. The lowest BCUT2D eigenvalue weighted by Gasteiger charge is -2.39. The number of rotatable bonds is 7. The molecule has 0 bridgehead atoms. The van der Waals surface area contributed by atoms with E-state index >= 15 is 0 Å². The van der Waals surface area contributed by atoms with Crippen LogP contribution in [0.25, 0.3) is 0 Å². The molecule has 0 aliphatic carbocycles. The Balaban J connectivity index is 1.31. The number of hydrogen-bond acceptors (Lipinski definition) is 9. The molecule has 3 aliphatic heterocycles. The molecule has 1 N–H and O–H groups in total. The second-order valence-electron chi connectivity index (χ2n) is 9.96. The number of halogens is 1. The first kappa shape index (κ1) is 25.1. The van der Waals surface area contributed by atoms with E-state index in [4.69, 9.17) is 26.3 Å². The summed E-state index contributed by atoms with van der Waals surface area (Å²) in [5, 5.41) is 11.4. The number of ether oxygens (including phenoxy) is 1. The van der Waals surface area contributed by atoms with E-state index in [9.17, 15) is 9.32 Å². The third kappa shape index (κ3) is 5.13. The summed E-state index contributed by atoms with van der Waals surface area (Å²) in [6.07, 6.45) is 5.35. The Morgan fingerprint density at radius 1 is 1.26 bits per heavy atom. The second-order valence-corrected chi connectivity index (χ2v) is 11.9. The monoisotopic (exact) mass is 536 g/mol. The molecular weight excluding hydrogens is 506 g/mol. The van der Waals surface area contributed by atoms with E-state index in [1.807, 2.05) is 13.0 Å². The van der Waals surface area contributed by atoms with Crippen molar-refractivity contribution in [3.8, 4) is 0 Å². The van der Waals surface area contributed by atoms with E-state index in [0.29, 0.717) is 40.2 Å². The van der Waals surface area contributed by atoms with Gasteiger partial charge < -0.3 is 19.6 Å². The lowest BCUT2D eigenvalue weighted by atomic mass is 9.77. The number of aromatic nitrogens is 3. The number of nitrogens with zero attached hydrogens (tertiary/aromatic N) is 5. The van der Waals surface area contributed by atoms with Crippen LogP contribution in [0.2, 0.25) is 5.02 Å². The molecule has 0 radical (unpaired) electrons. The van der Waals surface area contributed by atoms with Crippen molar-refractivity contribution in [3.63, 3.8) is 0 Å². The summed E-state index contributed by atoms with van der Waals surface area (Å²) in [4.78, 5) is 19.4. The molecular formula is C24H31ClN5O3S2+. The van der Waals surface area contributed by atoms with Crippen LogP contribution in [0.1, 0.15) is 37.6 Å². The van der Waals surface area contributed by atoms with Crippen molar-refractivity contribution < 1.29 is 14.1 Å². The Hall–Kier alpha value is -1.59. The Morgan fingerprint density at radius 3 is 2.69 bits per heavy atom. The van der Waals surface area contributed by atoms with Gasteiger partial charge in [-0.25, -0.2) is 15.0 Å². The van der Waals surface area contributed by atoms with E-state index in [1.54, 1.807) is 6.20 Å². The second kappa shape index (κ2) is 10.4. The van der Waals surface area contributed by atoms with Crippen molar-refractivity contribution in [2.45, 2.75) is 55.7 Å². The first-order valence-electron chi connectivity index (χ1n) is 12.1. The maximum Gasteiger partial charge on any atom is 0.459 e. The van der Waals surface area contributed by atoms with Crippen molar-refractivity contribution >= 4 is 46.7 Å². The summed E-state index contributed by atoms with van der Waals surface area (Å²) >= 11 is 8.81. The van der Waals surface area contributed by atoms with Gasteiger partial charge in [0.2, 0.25) is 5.75 Å². The van der Waals surface area contributed by atoms with Gasteiger partial charge in [0.1, 0.15) is 16.5 Å². The highest BCUT2D eigenvalue weighted by molar-refractivity contribution is 7.99. The molecule has 3 aliphatic rings. The van der Waals surface area contributed by atoms with Gasteiger partial charge in [-0.3, -0.25) is 0 Å². The lowest BCUT2D eigenvalue weighted by molar-refractivity contribution is 0.0975. The Morgan fingerprint density at radius 2 is 2.03 bits per heavy atom. The van der Waals surface area contributed by atoms with Crippen LogP contribution < -0.4 is 9.80 Å². The molecule has 3 saturated heterocycles. The average molecular weight is 537 g/mol. The maximum absolute atomic E-state index is 10.8. The van der Waals surface area contributed by atoms with Gasteiger partial charge in [-0.1, -0.05) is 23.4 Å². The first-order valence-corrected chi connectivity index (χ1v) is 14.2. The van der Waals surface area contributed by atoms with Crippen molar-refractivity contribution in [2.24, 2.45) is 11.3 Å². The van der Waals surface area contributed by atoms with E-state index in [-0.39, 0.29) is 12.0 Å². The van der Waals surface area contributed by atoms with Crippen LogP contribution >= 0.6 is 23.4 Å². The summed E-state index contributed by atoms with van der Waals surface area (Å²) in [6, 6.07) is 1.88. The van der Waals surface area contributed by atoms with Gasteiger partial charge in [-0.05, 0) is 44.6 Å². The molecule has 2 aromatic heterocycles. The fraction of sp³-hybridized carbons (Fsp3) is 0.625. The standard InChI is InChI=1S/C24H31ClN5O3S2/c1-15-9-24(14-33-15)4-7-29(8-5-24)21-18(12-31)28-23(16(2)27-21)35-19-3-6-26-22(20(19)25)30-10-17(11-30)13-34-32/h3,6,15,17,31H,4-5,7-14H2,1-2H3/q+1/t15-/m0/s1. The van der Waals surface area contributed by atoms with Crippen LogP contribution in [0.3, 0.4) is 0 Å². The fourth-order valence-corrected chi connectivity index (χ4v) is 6.95. The molecule has 3 fully saturated rings.